The molecule has 5 rings (SSSR count). The molecule has 0 radical (unpaired) electrons. The van der Waals surface area contributed by atoms with E-state index in [1.807, 2.05) is 42.5 Å². The van der Waals surface area contributed by atoms with Crippen LogP contribution < -0.4 is 4.90 Å². The highest BCUT2D eigenvalue weighted by atomic mass is 32.2. The van der Waals surface area contributed by atoms with Gasteiger partial charge in [0.05, 0.1) is 27.3 Å². The number of amides is 2. The minimum atomic E-state index is -0.853. The third-order valence-electron chi connectivity index (χ3n) is 5.93. The smallest absolute Gasteiger partial charge is 0.338 e. The summed E-state index contributed by atoms with van der Waals surface area (Å²) in [6.45, 7) is -0.597. The summed E-state index contributed by atoms with van der Waals surface area (Å²) in [4.78, 5) is 64.2. The SMILES string of the molecule is O=C(COC(=O)c1ccc2c(c1)C(=O)N(c1ccc(Sc3ccccc3)cc1)C2=O)c1ccc([N+](=O)[O-])cc1. The average molecular weight is 539 g/mol. The van der Waals surface area contributed by atoms with Crippen LogP contribution >= 0.6 is 11.8 Å². The molecule has 9 nitrogen and oxygen atoms in total. The Kier molecular flexibility index (Phi) is 7.02. The van der Waals surface area contributed by atoms with Crippen molar-refractivity contribution in [1.82, 2.24) is 0 Å². The van der Waals surface area contributed by atoms with Gasteiger partial charge in [-0.15, -0.1) is 0 Å². The van der Waals surface area contributed by atoms with Crippen LogP contribution in [0.1, 0.15) is 41.4 Å². The van der Waals surface area contributed by atoms with Crippen LogP contribution in [0.4, 0.5) is 11.4 Å². The number of non-ortho nitro benzene ring substituents is 1. The van der Waals surface area contributed by atoms with Gasteiger partial charge in [-0.3, -0.25) is 24.5 Å². The molecular formula is C29H18N2O7S. The van der Waals surface area contributed by atoms with Gasteiger partial charge in [0.2, 0.25) is 0 Å². The summed E-state index contributed by atoms with van der Waals surface area (Å²) in [6.07, 6.45) is 0. The third-order valence-corrected chi connectivity index (χ3v) is 6.95. The Hall–Kier alpha value is -5.09. The fraction of sp³-hybridized carbons (Fsp3) is 0.0345. The van der Waals surface area contributed by atoms with Gasteiger partial charge in [-0.05, 0) is 66.7 Å². The molecule has 0 aromatic heterocycles. The maximum atomic E-state index is 13.1. The van der Waals surface area contributed by atoms with Gasteiger partial charge in [0.15, 0.2) is 12.4 Å². The van der Waals surface area contributed by atoms with E-state index in [1.54, 1.807) is 23.9 Å². The highest BCUT2D eigenvalue weighted by Gasteiger charge is 2.37. The lowest BCUT2D eigenvalue weighted by Crippen LogP contribution is -2.29. The van der Waals surface area contributed by atoms with Crippen LogP contribution in [0, 0.1) is 10.1 Å². The normalized spacial score (nSPS) is 12.3. The first-order valence-electron chi connectivity index (χ1n) is 11.6. The molecule has 0 fully saturated rings. The minimum Gasteiger partial charge on any atom is -0.454 e. The predicted octanol–water partition coefficient (Wildman–Crippen LogP) is 5.59. The van der Waals surface area contributed by atoms with E-state index in [-0.39, 0.29) is 27.9 Å². The van der Waals surface area contributed by atoms with Crippen molar-refractivity contribution in [2.45, 2.75) is 9.79 Å². The number of hydrogen-bond donors (Lipinski definition) is 0. The summed E-state index contributed by atoms with van der Waals surface area (Å²) in [7, 11) is 0. The van der Waals surface area contributed by atoms with Crippen LogP contribution in [0.15, 0.2) is 107 Å². The first-order chi connectivity index (χ1) is 18.8. The Morgan fingerprint density at radius 2 is 1.38 bits per heavy atom. The van der Waals surface area contributed by atoms with Crippen molar-refractivity contribution in [1.29, 1.82) is 0 Å². The molecule has 4 aromatic carbocycles. The summed E-state index contributed by atoms with van der Waals surface area (Å²) < 4.78 is 5.08. The molecule has 0 unspecified atom stereocenters. The summed E-state index contributed by atoms with van der Waals surface area (Å²) in [6, 6.07) is 25.7. The molecule has 4 aromatic rings. The Bertz CT molecular complexity index is 1620. The zero-order chi connectivity index (χ0) is 27.5. The van der Waals surface area contributed by atoms with Crippen LogP contribution in [0.3, 0.4) is 0 Å². The van der Waals surface area contributed by atoms with Crippen molar-refractivity contribution in [2.75, 3.05) is 11.5 Å². The molecule has 2 amide bonds. The molecule has 0 spiro atoms. The number of ketones is 1. The van der Waals surface area contributed by atoms with Crippen molar-refractivity contribution in [2.24, 2.45) is 0 Å². The molecule has 39 heavy (non-hydrogen) atoms. The Labute approximate surface area is 226 Å². The monoisotopic (exact) mass is 538 g/mol. The van der Waals surface area contributed by atoms with E-state index in [2.05, 4.69) is 0 Å². The summed E-state index contributed by atoms with van der Waals surface area (Å²) in [5.41, 5.74) is 0.586. The lowest BCUT2D eigenvalue weighted by molar-refractivity contribution is -0.384. The number of esters is 1. The van der Waals surface area contributed by atoms with E-state index >= 15 is 0 Å². The number of benzene rings is 4. The summed E-state index contributed by atoms with van der Waals surface area (Å²) in [5.74, 6) is -2.48. The van der Waals surface area contributed by atoms with Crippen molar-refractivity contribution in [3.63, 3.8) is 0 Å². The van der Waals surface area contributed by atoms with Crippen LogP contribution in [0.25, 0.3) is 0 Å². The van der Waals surface area contributed by atoms with Gasteiger partial charge in [-0.2, -0.15) is 0 Å². The quantitative estimate of drug-likeness (QED) is 0.0935. The number of ether oxygens (including phenoxy) is 1. The van der Waals surface area contributed by atoms with Gasteiger partial charge in [0, 0.05) is 27.5 Å². The fourth-order valence-electron chi connectivity index (χ4n) is 3.96. The van der Waals surface area contributed by atoms with E-state index in [9.17, 15) is 29.3 Å². The number of Topliss-reactive ketones (excluding diaryl/α,β-unsaturated/α-hetero) is 1. The lowest BCUT2D eigenvalue weighted by Gasteiger charge is -2.14. The second-order valence-electron chi connectivity index (χ2n) is 8.42. The highest BCUT2D eigenvalue weighted by Crippen LogP contribution is 2.33. The van der Waals surface area contributed by atoms with Crippen LogP contribution in [-0.2, 0) is 4.74 Å². The number of carbonyl (C=O) groups is 4. The molecule has 1 aliphatic rings. The molecule has 0 bridgehead atoms. The van der Waals surface area contributed by atoms with Crippen LogP contribution in [-0.4, -0.2) is 35.1 Å². The van der Waals surface area contributed by atoms with E-state index in [1.165, 1.54) is 42.5 Å². The molecule has 0 atom stereocenters. The zero-order valence-corrected chi connectivity index (χ0v) is 20.9. The molecule has 1 aliphatic heterocycles. The predicted molar refractivity (Wildman–Crippen MR) is 142 cm³/mol. The van der Waals surface area contributed by atoms with Gasteiger partial charge >= 0.3 is 5.97 Å². The molecular weight excluding hydrogens is 520 g/mol. The highest BCUT2D eigenvalue weighted by molar-refractivity contribution is 7.99. The van der Waals surface area contributed by atoms with Crippen molar-refractivity contribution in [3.05, 3.63) is 129 Å². The van der Waals surface area contributed by atoms with Crippen LogP contribution in [0.2, 0.25) is 0 Å². The Balaban J connectivity index is 1.26. The second kappa shape index (κ2) is 10.7. The van der Waals surface area contributed by atoms with Crippen molar-refractivity contribution < 1.29 is 28.8 Å². The number of fused-ring (bicyclic) bond motifs is 1. The fourth-order valence-corrected chi connectivity index (χ4v) is 4.79. The molecule has 0 saturated heterocycles. The van der Waals surface area contributed by atoms with Crippen LogP contribution in [0.5, 0.6) is 0 Å². The van der Waals surface area contributed by atoms with E-state index < -0.39 is 35.1 Å². The number of rotatable bonds is 8. The first kappa shape index (κ1) is 25.6. The topological polar surface area (TPSA) is 124 Å². The largest absolute Gasteiger partial charge is 0.454 e. The molecule has 0 aliphatic carbocycles. The van der Waals surface area contributed by atoms with E-state index in [4.69, 9.17) is 4.74 Å². The number of nitrogens with zero attached hydrogens (tertiary/aromatic N) is 2. The molecule has 192 valence electrons. The summed E-state index contributed by atoms with van der Waals surface area (Å²) in [5, 5.41) is 10.8. The molecule has 10 heteroatoms. The summed E-state index contributed by atoms with van der Waals surface area (Å²) >= 11 is 1.55. The average Bonchev–Trinajstić information content (AvgIpc) is 3.21. The number of hydrogen-bond acceptors (Lipinski definition) is 8. The third kappa shape index (κ3) is 5.32. The van der Waals surface area contributed by atoms with E-state index in [0.717, 1.165) is 14.7 Å². The maximum Gasteiger partial charge on any atom is 0.338 e. The Morgan fingerprint density at radius 1 is 0.769 bits per heavy atom. The van der Waals surface area contributed by atoms with Gasteiger partial charge in [-0.1, -0.05) is 30.0 Å². The van der Waals surface area contributed by atoms with Crippen molar-refractivity contribution >= 4 is 46.7 Å². The van der Waals surface area contributed by atoms with Gasteiger partial charge in [0.1, 0.15) is 0 Å². The van der Waals surface area contributed by atoms with Gasteiger partial charge in [-0.25, -0.2) is 9.69 Å². The number of nitro benzene ring substituents is 1. The van der Waals surface area contributed by atoms with Gasteiger partial charge in [0.25, 0.3) is 17.5 Å². The number of imide groups is 1. The maximum absolute atomic E-state index is 13.1. The lowest BCUT2D eigenvalue weighted by atomic mass is 10.1. The molecule has 0 N–H and O–H groups in total. The zero-order valence-electron chi connectivity index (χ0n) is 20.1. The van der Waals surface area contributed by atoms with Gasteiger partial charge < -0.3 is 4.74 Å². The molecule has 1 heterocycles. The minimum absolute atomic E-state index is 0.00265. The number of nitro groups is 1. The number of anilines is 1. The number of carbonyl (C=O) groups excluding carboxylic acids is 4. The van der Waals surface area contributed by atoms with Crippen molar-refractivity contribution in [3.8, 4) is 0 Å². The Morgan fingerprint density at radius 3 is 2.05 bits per heavy atom. The van der Waals surface area contributed by atoms with E-state index in [0.29, 0.717) is 5.69 Å². The second-order valence-corrected chi connectivity index (χ2v) is 9.57. The first-order valence-corrected chi connectivity index (χ1v) is 12.4. The standard InChI is InChI=1S/C29H18N2O7S/c32-26(18-6-9-21(10-7-18)31(36)37)17-38-29(35)19-8-15-24-25(16-19)28(34)30(27(24)33)20-11-13-23(14-12-20)39-22-4-2-1-3-5-22/h1-16H,17H2. The molecule has 0 saturated carbocycles.